The quantitative estimate of drug-likeness (QED) is 0.892. The maximum absolute atomic E-state index is 4.46. The molecule has 0 aliphatic carbocycles. The van der Waals surface area contributed by atoms with Gasteiger partial charge < -0.3 is 5.32 Å². The van der Waals surface area contributed by atoms with Crippen LogP contribution < -0.4 is 5.32 Å². The van der Waals surface area contributed by atoms with Crippen LogP contribution in [-0.4, -0.2) is 16.5 Å². The predicted octanol–water partition coefficient (Wildman–Crippen LogP) is 3.31. The molecule has 1 atom stereocenters. The lowest BCUT2D eigenvalue weighted by Gasteiger charge is -2.13. The first kappa shape index (κ1) is 12.6. The summed E-state index contributed by atoms with van der Waals surface area (Å²) in [5, 5.41) is 3.34. The Morgan fingerprint density at radius 3 is 2.50 bits per heavy atom. The second-order valence-electron chi connectivity index (χ2n) is 4.62. The summed E-state index contributed by atoms with van der Waals surface area (Å²) >= 11 is 0. The largest absolute Gasteiger partial charge is 0.368 e. The molecule has 1 aromatic heterocycles. The molecule has 94 valence electrons. The Hall–Kier alpha value is -1.90. The molecule has 1 unspecified atom stereocenters. The van der Waals surface area contributed by atoms with E-state index >= 15 is 0 Å². The monoisotopic (exact) mass is 241 g/mol. The Balaban J connectivity index is 1.97. The van der Waals surface area contributed by atoms with Gasteiger partial charge in [-0.2, -0.15) is 0 Å². The lowest BCUT2D eigenvalue weighted by Crippen LogP contribution is -2.11. The number of nitrogens with zero attached hydrogens (tertiary/aromatic N) is 2. The number of hydrogen-bond acceptors (Lipinski definition) is 3. The standard InChI is InChI=1S/C15H19N3/c1-11(14-7-5-4-6-8-14)9-17-15-10-16-12(2)13(3)18-15/h4-8,10-11H,9H2,1-3H3,(H,17,18). The van der Waals surface area contributed by atoms with E-state index in [0.717, 1.165) is 23.8 Å². The minimum atomic E-state index is 0.453. The molecule has 0 radical (unpaired) electrons. The summed E-state index contributed by atoms with van der Waals surface area (Å²) in [5.74, 6) is 1.30. The summed E-state index contributed by atoms with van der Waals surface area (Å²) in [5.41, 5.74) is 3.30. The highest BCUT2D eigenvalue weighted by atomic mass is 15.0. The fraction of sp³-hybridized carbons (Fsp3) is 0.333. The molecule has 3 nitrogen and oxygen atoms in total. The Morgan fingerprint density at radius 1 is 1.11 bits per heavy atom. The molecule has 1 aromatic carbocycles. The number of hydrogen-bond donors (Lipinski definition) is 1. The minimum Gasteiger partial charge on any atom is -0.368 e. The first-order valence-electron chi connectivity index (χ1n) is 6.26. The molecule has 0 amide bonds. The van der Waals surface area contributed by atoms with Crippen molar-refractivity contribution in [3.05, 3.63) is 53.5 Å². The van der Waals surface area contributed by atoms with Crippen molar-refractivity contribution < 1.29 is 0 Å². The molecule has 2 aromatic rings. The molecule has 0 saturated heterocycles. The van der Waals surface area contributed by atoms with Crippen LogP contribution in [0.15, 0.2) is 36.5 Å². The summed E-state index contributed by atoms with van der Waals surface area (Å²) in [6, 6.07) is 10.5. The van der Waals surface area contributed by atoms with Crippen molar-refractivity contribution >= 4 is 5.82 Å². The zero-order valence-electron chi connectivity index (χ0n) is 11.1. The first-order valence-corrected chi connectivity index (χ1v) is 6.26. The van der Waals surface area contributed by atoms with E-state index in [1.165, 1.54) is 5.56 Å². The van der Waals surface area contributed by atoms with E-state index in [4.69, 9.17) is 0 Å². The topological polar surface area (TPSA) is 37.8 Å². The molecular formula is C15H19N3. The molecule has 0 bridgehead atoms. The number of nitrogens with one attached hydrogen (secondary N) is 1. The van der Waals surface area contributed by atoms with Gasteiger partial charge in [0.15, 0.2) is 0 Å². The second kappa shape index (κ2) is 5.63. The number of aryl methyl sites for hydroxylation is 2. The summed E-state index contributed by atoms with van der Waals surface area (Å²) in [6.45, 7) is 7.02. The van der Waals surface area contributed by atoms with Gasteiger partial charge >= 0.3 is 0 Å². The van der Waals surface area contributed by atoms with Crippen LogP contribution in [0, 0.1) is 13.8 Å². The number of benzene rings is 1. The Bertz CT molecular complexity index is 508. The van der Waals surface area contributed by atoms with E-state index in [2.05, 4.69) is 46.5 Å². The van der Waals surface area contributed by atoms with Gasteiger partial charge in [0.1, 0.15) is 5.82 Å². The van der Waals surface area contributed by atoms with Crippen molar-refractivity contribution in [2.24, 2.45) is 0 Å². The van der Waals surface area contributed by atoms with Crippen molar-refractivity contribution in [3.63, 3.8) is 0 Å². The molecule has 0 aliphatic rings. The Morgan fingerprint density at radius 2 is 1.83 bits per heavy atom. The van der Waals surface area contributed by atoms with Gasteiger partial charge in [-0.1, -0.05) is 37.3 Å². The molecular weight excluding hydrogens is 222 g/mol. The van der Waals surface area contributed by atoms with Crippen molar-refractivity contribution in [2.75, 3.05) is 11.9 Å². The molecule has 18 heavy (non-hydrogen) atoms. The van der Waals surface area contributed by atoms with E-state index in [-0.39, 0.29) is 0 Å². The highest BCUT2D eigenvalue weighted by molar-refractivity contribution is 5.34. The predicted molar refractivity (Wildman–Crippen MR) is 74.9 cm³/mol. The maximum Gasteiger partial charge on any atom is 0.144 e. The van der Waals surface area contributed by atoms with Crippen molar-refractivity contribution in [1.29, 1.82) is 0 Å². The SMILES string of the molecule is Cc1ncc(NCC(C)c2ccccc2)nc1C. The fourth-order valence-electron chi connectivity index (χ4n) is 1.78. The van der Waals surface area contributed by atoms with E-state index in [9.17, 15) is 0 Å². The van der Waals surface area contributed by atoms with Crippen LogP contribution >= 0.6 is 0 Å². The third kappa shape index (κ3) is 3.06. The molecule has 0 fully saturated rings. The summed E-state index contributed by atoms with van der Waals surface area (Å²) < 4.78 is 0. The molecule has 0 spiro atoms. The third-order valence-corrected chi connectivity index (χ3v) is 3.15. The van der Waals surface area contributed by atoms with Crippen LogP contribution in [0.5, 0.6) is 0 Å². The summed E-state index contributed by atoms with van der Waals surface area (Å²) in [4.78, 5) is 8.77. The highest BCUT2D eigenvalue weighted by Crippen LogP contribution is 2.15. The zero-order chi connectivity index (χ0) is 13.0. The summed E-state index contributed by atoms with van der Waals surface area (Å²) in [6.07, 6.45) is 1.79. The van der Waals surface area contributed by atoms with Crippen LogP contribution in [0.2, 0.25) is 0 Å². The van der Waals surface area contributed by atoms with Crippen LogP contribution in [0.1, 0.15) is 29.8 Å². The molecule has 0 aliphatic heterocycles. The Labute approximate surface area is 108 Å². The normalized spacial score (nSPS) is 12.2. The number of aromatic nitrogens is 2. The zero-order valence-corrected chi connectivity index (χ0v) is 11.1. The lowest BCUT2D eigenvalue weighted by molar-refractivity contribution is 0.799. The van der Waals surface area contributed by atoms with Gasteiger partial charge in [0.25, 0.3) is 0 Å². The molecule has 2 rings (SSSR count). The van der Waals surface area contributed by atoms with Gasteiger partial charge in [-0.05, 0) is 25.3 Å². The lowest BCUT2D eigenvalue weighted by atomic mass is 10.0. The molecule has 1 N–H and O–H groups in total. The minimum absolute atomic E-state index is 0.453. The van der Waals surface area contributed by atoms with Gasteiger partial charge in [0.05, 0.1) is 17.6 Å². The smallest absolute Gasteiger partial charge is 0.144 e. The van der Waals surface area contributed by atoms with E-state index in [1.54, 1.807) is 6.20 Å². The number of anilines is 1. The second-order valence-corrected chi connectivity index (χ2v) is 4.62. The van der Waals surface area contributed by atoms with E-state index < -0.39 is 0 Å². The highest BCUT2D eigenvalue weighted by Gasteiger charge is 2.05. The number of rotatable bonds is 4. The van der Waals surface area contributed by atoms with Gasteiger partial charge in [0.2, 0.25) is 0 Å². The van der Waals surface area contributed by atoms with E-state index in [0.29, 0.717) is 5.92 Å². The fourth-order valence-corrected chi connectivity index (χ4v) is 1.78. The summed E-state index contributed by atoms with van der Waals surface area (Å²) in [7, 11) is 0. The average molecular weight is 241 g/mol. The molecule has 1 heterocycles. The van der Waals surface area contributed by atoms with Gasteiger partial charge in [-0.25, -0.2) is 4.98 Å². The maximum atomic E-state index is 4.46. The van der Waals surface area contributed by atoms with Gasteiger partial charge in [-0.3, -0.25) is 4.98 Å². The van der Waals surface area contributed by atoms with Crippen LogP contribution in [0.3, 0.4) is 0 Å². The average Bonchev–Trinajstić information content (AvgIpc) is 2.41. The van der Waals surface area contributed by atoms with Crippen molar-refractivity contribution in [2.45, 2.75) is 26.7 Å². The van der Waals surface area contributed by atoms with E-state index in [1.807, 2.05) is 19.9 Å². The van der Waals surface area contributed by atoms with Crippen LogP contribution in [0.4, 0.5) is 5.82 Å². The van der Waals surface area contributed by atoms with Crippen molar-refractivity contribution in [1.82, 2.24) is 9.97 Å². The molecule has 0 saturated carbocycles. The van der Waals surface area contributed by atoms with Crippen LogP contribution in [-0.2, 0) is 0 Å². The van der Waals surface area contributed by atoms with Crippen LogP contribution in [0.25, 0.3) is 0 Å². The third-order valence-electron chi connectivity index (χ3n) is 3.15. The van der Waals surface area contributed by atoms with Crippen molar-refractivity contribution in [3.8, 4) is 0 Å². The van der Waals surface area contributed by atoms with Gasteiger partial charge in [-0.15, -0.1) is 0 Å². The Kier molecular flexibility index (Phi) is 3.92. The first-order chi connectivity index (χ1) is 8.66. The van der Waals surface area contributed by atoms with Gasteiger partial charge in [0, 0.05) is 6.54 Å². The molecule has 3 heteroatoms.